The van der Waals surface area contributed by atoms with E-state index in [1.54, 1.807) is 0 Å². The fourth-order valence-electron chi connectivity index (χ4n) is 2.74. The molecule has 2 atom stereocenters. The summed E-state index contributed by atoms with van der Waals surface area (Å²) in [7, 11) is -2.84. The van der Waals surface area contributed by atoms with Crippen LogP contribution in [0.1, 0.15) is 33.1 Å². The molecule has 0 bridgehead atoms. The van der Waals surface area contributed by atoms with Crippen LogP contribution in [0.3, 0.4) is 0 Å². The lowest BCUT2D eigenvalue weighted by atomic mass is 10.1. The van der Waals surface area contributed by atoms with Crippen molar-refractivity contribution in [1.29, 1.82) is 0 Å². The lowest BCUT2D eigenvalue weighted by molar-refractivity contribution is 0.140. The van der Waals surface area contributed by atoms with Gasteiger partial charge in [0.15, 0.2) is 9.84 Å². The maximum atomic E-state index is 11.8. The normalized spacial score (nSPS) is 30.6. The minimum Gasteiger partial charge on any atom is -0.311 e. The van der Waals surface area contributed by atoms with Gasteiger partial charge >= 0.3 is 0 Å². The van der Waals surface area contributed by atoms with Gasteiger partial charge in [-0.1, -0.05) is 6.92 Å². The summed E-state index contributed by atoms with van der Waals surface area (Å²) < 4.78 is 23.5. The third-order valence-electron chi connectivity index (χ3n) is 4.13. The molecule has 5 heteroatoms. The minimum absolute atomic E-state index is 0.322. The van der Waals surface area contributed by atoms with Crippen LogP contribution in [0.2, 0.25) is 0 Å². The van der Waals surface area contributed by atoms with Gasteiger partial charge in [-0.3, -0.25) is 4.90 Å². The molecule has 2 unspecified atom stereocenters. The van der Waals surface area contributed by atoms with Gasteiger partial charge in [-0.2, -0.15) is 0 Å². The maximum absolute atomic E-state index is 11.8. The Bertz CT molecular complexity index is 365. The second-order valence-corrected chi connectivity index (χ2v) is 8.15. The van der Waals surface area contributed by atoms with Crippen LogP contribution in [0.5, 0.6) is 0 Å². The minimum atomic E-state index is -2.84. The lowest BCUT2D eigenvalue weighted by Crippen LogP contribution is -2.57. The molecule has 1 saturated heterocycles. The summed E-state index contributed by atoms with van der Waals surface area (Å²) in [5, 5.41) is 3.59. The van der Waals surface area contributed by atoms with Gasteiger partial charge in [0.05, 0.1) is 5.75 Å². The fraction of sp³-hybridized carbons (Fsp3) is 1.00. The second kappa shape index (κ2) is 5.88. The van der Waals surface area contributed by atoms with Gasteiger partial charge < -0.3 is 5.32 Å². The standard InChI is InChI=1S/C13H26N2O2S/c1-3-7-18(16,17)8-6-15-10-13(12-4-5-12)14-9-11(15)2/h11-14H,3-10H2,1-2H3. The highest BCUT2D eigenvalue weighted by atomic mass is 32.2. The van der Waals surface area contributed by atoms with E-state index in [9.17, 15) is 8.42 Å². The van der Waals surface area contributed by atoms with Crippen molar-refractivity contribution in [1.82, 2.24) is 10.2 Å². The van der Waals surface area contributed by atoms with Crippen LogP contribution >= 0.6 is 0 Å². The van der Waals surface area contributed by atoms with Crippen molar-refractivity contribution in [2.45, 2.75) is 45.2 Å². The van der Waals surface area contributed by atoms with E-state index in [-0.39, 0.29) is 0 Å². The zero-order valence-electron chi connectivity index (χ0n) is 11.6. The SMILES string of the molecule is CCCS(=O)(=O)CCN1CC(C2CC2)NCC1C. The Morgan fingerprint density at radius 1 is 1.28 bits per heavy atom. The Labute approximate surface area is 111 Å². The van der Waals surface area contributed by atoms with Crippen molar-refractivity contribution >= 4 is 9.84 Å². The molecule has 0 amide bonds. The van der Waals surface area contributed by atoms with Gasteiger partial charge in [0, 0.05) is 37.5 Å². The van der Waals surface area contributed by atoms with Crippen molar-refractivity contribution in [3.05, 3.63) is 0 Å². The summed E-state index contributed by atoms with van der Waals surface area (Å²) >= 11 is 0. The smallest absolute Gasteiger partial charge is 0.151 e. The summed E-state index contributed by atoms with van der Waals surface area (Å²) in [6, 6.07) is 1.05. The molecule has 1 N–H and O–H groups in total. The van der Waals surface area contributed by atoms with E-state index >= 15 is 0 Å². The van der Waals surface area contributed by atoms with E-state index in [0.29, 0.717) is 30.1 Å². The van der Waals surface area contributed by atoms with Crippen molar-refractivity contribution < 1.29 is 8.42 Å². The highest BCUT2D eigenvalue weighted by molar-refractivity contribution is 7.91. The molecular formula is C13H26N2O2S. The molecule has 4 nitrogen and oxygen atoms in total. The molecule has 1 aliphatic carbocycles. The third-order valence-corrected chi connectivity index (χ3v) is 5.96. The Kier molecular flexibility index (Phi) is 4.67. The predicted molar refractivity (Wildman–Crippen MR) is 74.5 cm³/mol. The number of nitrogens with one attached hydrogen (secondary N) is 1. The molecule has 1 saturated carbocycles. The number of hydrogen-bond donors (Lipinski definition) is 1. The van der Waals surface area contributed by atoms with Crippen molar-refractivity contribution in [3.63, 3.8) is 0 Å². The van der Waals surface area contributed by atoms with Crippen molar-refractivity contribution in [2.24, 2.45) is 5.92 Å². The molecule has 0 aromatic carbocycles. The zero-order valence-corrected chi connectivity index (χ0v) is 12.4. The molecule has 0 spiro atoms. The first-order chi connectivity index (χ1) is 8.52. The Morgan fingerprint density at radius 2 is 2.00 bits per heavy atom. The van der Waals surface area contributed by atoms with Crippen LogP contribution in [-0.4, -0.2) is 56.5 Å². The fourth-order valence-corrected chi connectivity index (χ4v) is 4.08. The molecular weight excluding hydrogens is 248 g/mol. The summed E-state index contributed by atoms with van der Waals surface area (Å²) in [5.74, 6) is 1.49. The molecule has 0 radical (unpaired) electrons. The maximum Gasteiger partial charge on any atom is 0.151 e. The van der Waals surface area contributed by atoms with Crippen LogP contribution in [0, 0.1) is 5.92 Å². The molecule has 106 valence electrons. The number of piperazine rings is 1. The van der Waals surface area contributed by atoms with E-state index in [1.807, 2.05) is 6.92 Å². The number of nitrogens with zero attached hydrogens (tertiary/aromatic N) is 1. The molecule has 1 aliphatic heterocycles. The number of hydrogen-bond acceptors (Lipinski definition) is 4. The quantitative estimate of drug-likeness (QED) is 0.781. The molecule has 2 rings (SSSR count). The Balaban J connectivity index is 1.82. The average molecular weight is 274 g/mol. The lowest BCUT2D eigenvalue weighted by Gasteiger charge is -2.39. The van der Waals surface area contributed by atoms with Crippen LogP contribution < -0.4 is 5.32 Å². The van der Waals surface area contributed by atoms with Crippen LogP contribution in [-0.2, 0) is 9.84 Å². The van der Waals surface area contributed by atoms with Gasteiger partial charge in [0.1, 0.15) is 0 Å². The van der Waals surface area contributed by atoms with Crippen LogP contribution in [0.15, 0.2) is 0 Å². The van der Waals surface area contributed by atoms with Crippen LogP contribution in [0.4, 0.5) is 0 Å². The molecule has 2 fully saturated rings. The first kappa shape index (κ1) is 14.3. The first-order valence-electron chi connectivity index (χ1n) is 7.19. The summed E-state index contributed by atoms with van der Waals surface area (Å²) in [6.45, 7) is 6.83. The zero-order chi connectivity index (χ0) is 13.2. The molecule has 1 heterocycles. The van der Waals surface area contributed by atoms with E-state index in [4.69, 9.17) is 0 Å². The van der Waals surface area contributed by atoms with Crippen molar-refractivity contribution in [3.8, 4) is 0 Å². The Hall–Kier alpha value is -0.130. The average Bonchev–Trinajstić information content (AvgIpc) is 3.12. The van der Waals surface area contributed by atoms with E-state index in [2.05, 4.69) is 17.1 Å². The van der Waals surface area contributed by atoms with E-state index in [0.717, 1.165) is 25.4 Å². The van der Waals surface area contributed by atoms with Gasteiger partial charge in [0.25, 0.3) is 0 Å². The summed E-state index contributed by atoms with van der Waals surface area (Å²) in [5.41, 5.74) is 0. The van der Waals surface area contributed by atoms with E-state index < -0.39 is 9.84 Å². The van der Waals surface area contributed by atoms with Crippen LogP contribution in [0.25, 0.3) is 0 Å². The van der Waals surface area contributed by atoms with Gasteiger partial charge in [-0.15, -0.1) is 0 Å². The topological polar surface area (TPSA) is 49.4 Å². The largest absolute Gasteiger partial charge is 0.311 e. The third kappa shape index (κ3) is 3.93. The summed E-state index contributed by atoms with van der Waals surface area (Å²) in [6.07, 6.45) is 3.41. The van der Waals surface area contributed by atoms with Gasteiger partial charge in [-0.05, 0) is 32.1 Å². The van der Waals surface area contributed by atoms with Gasteiger partial charge in [-0.25, -0.2) is 8.42 Å². The number of sulfone groups is 1. The first-order valence-corrected chi connectivity index (χ1v) is 9.02. The predicted octanol–water partition coefficient (Wildman–Crippen LogP) is 0.884. The second-order valence-electron chi connectivity index (χ2n) is 5.85. The van der Waals surface area contributed by atoms with Crippen molar-refractivity contribution in [2.75, 3.05) is 31.1 Å². The highest BCUT2D eigenvalue weighted by Gasteiger charge is 2.36. The highest BCUT2D eigenvalue weighted by Crippen LogP contribution is 2.34. The molecule has 0 aromatic heterocycles. The monoisotopic (exact) mass is 274 g/mol. The van der Waals surface area contributed by atoms with E-state index in [1.165, 1.54) is 12.8 Å². The molecule has 2 aliphatic rings. The number of rotatable bonds is 6. The van der Waals surface area contributed by atoms with Gasteiger partial charge in [0.2, 0.25) is 0 Å². The Morgan fingerprint density at radius 3 is 2.61 bits per heavy atom. The molecule has 0 aromatic rings. The molecule has 18 heavy (non-hydrogen) atoms. The summed E-state index contributed by atoms with van der Waals surface area (Å²) in [4.78, 5) is 2.35.